The molecule has 0 spiro atoms. The quantitative estimate of drug-likeness (QED) is 0.331. The minimum atomic E-state index is -3.44. The highest BCUT2D eigenvalue weighted by Crippen LogP contribution is 2.42. The van der Waals surface area contributed by atoms with Gasteiger partial charge in [0.15, 0.2) is 8.24 Å². The summed E-state index contributed by atoms with van der Waals surface area (Å²) >= 11 is 0. The highest BCUT2D eigenvalue weighted by molar-refractivity contribution is 7.92. The van der Waals surface area contributed by atoms with Crippen molar-refractivity contribution in [1.29, 1.82) is 0 Å². The molecule has 0 radical (unpaired) electrons. The van der Waals surface area contributed by atoms with E-state index in [1.165, 1.54) is 27.0 Å². The lowest BCUT2D eigenvalue weighted by atomic mass is 10.1. The molecular weight excluding hydrogens is 418 g/mol. The Morgan fingerprint density at radius 3 is 1.87 bits per heavy atom. The maximum Gasteiger partial charge on any atom is 0.207 e. The highest BCUT2D eigenvalue weighted by Gasteiger charge is 2.36. The zero-order valence-electron chi connectivity index (χ0n) is 17.3. The number of hydrogen-bond donors (Lipinski definition) is 0. The molecule has 152 valence electrons. The predicted octanol–water partition coefficient (Wildman–Crippen LogP) is 5.57. The number of nitrogens with zero attached hydrogens (tertiary/aromatic N) is 1. The van der Waals surface area contributed by atoms with E-state index in [0.29, 0.717) is 9.79 Å². The first-order valence-corrected chi connectivity index (χ1v) is 14.8. The Balaban J connectivity index is 1.64. The summed E-state index contributed by atoms with van der Waals surface area (Å²) in [4.78, 5) is 0.836. The predicted molar refractivity (Wildman–Crippen MR) is 129 cm³/mol. The highest BCUT2D eigenvalue weighted by atomic mass is 32.2. The molecule has 6 rings (SSSR count). The minimum Gasteiger partial charge on any atom is -0.364 e. The Hall–Kier alpha value is -3.15. The molecule has 0 unspecified atom stereocenters. The maximum atomic E-state index is 13.0. The SMILES string of the molecule is C[Si](C)(c1ccc2c(c1)-c1ccccc1S2(=O)=O)n1c2ccccc2c2ccccc21. The zero-order valence-corrected chi connectivity index (χ0v) is 19.1. The fourth-order valence-corrected chi connectivity index (χ4v) is 9.56. The van der Waals surface area contributed by atoms with Crippen LogP contribution < -0.4 is 5.19 Å². The lowest BCUT2D eigenvalue weighted by molar-refractivity contribution is 0.598. The largest absolute Gasteiger partial charge is 0.364 e. The second kappa shape index (κ2) is 6.19. The van der Waals surface area contributed by atoms with Gasteiger partial charge in [-0.1, -0.05) is 66.7 Å². The fourth-order valence-electron chi connectivity index (χ4n) is 5.05. The van der Waals surface area contributed by atoms with Gasteiger partial charge in [-0.2, -0.15) is 0 Å². The van der Waals surface area contributed by atoms with Crippen molar-refractivity contribution in [3.05, 3.63) is 91.0 Å². The third kappa shape index (κ3) is 2.41. The average molecular weight is 440 g/mol. The van der Waals surface area contributed by atoms with Crippen LogP contribution in [0, 0.1) is 0 Å². The topological polar surface area (TPSA) is 39.1 Å². The van der Waals surface area contributed by atoms with Gasteiger partial charge in [-0.3, -0.25) is 0 Å². The lowest BCUT2D eigenvalue weighted by Gasteiger charge is -2.28. The van der Waals surface area contributed by atoms with Gasteiger partial charge in [0.05, 0.1) is 9.79 Å². The molecule has 1 aliphatic heterocycles. The summed E-state index contributed by atoms with van der Waals surface area (Å²) in [5, 5.41) is 3.73. The van der Waals surface area contributed by atoms with Crippen LogP contribution in [0.4, 0.5) is 0 Å². The van der Waals surface area contributed by atoms with E-state index in [1.54, 1.807) is 12.1 Å². The Bertz CT molecular complexity index is 1580. The number of para-hydroxylation sites is 2. The van der Waals surface area contributed by atoms with Crippen molar-refractivity contribution >= 4 is 45.1 Å². The summed E-state index contributed by atoms with van der Waals surface area (Å²) in [5.74, 6) is 0. The first kappa shape index (κ1) is 18.6. The van der Waals surface area contributed by atoms with Gasteiger partial charge in [0.25, 0.3) is 0 Å². The maximum absolute atomic E-state index is 13.0. The van der Waals surface area contributed by atoms with E-state index in [-0.39, 0.29) is 0 Å². The molecule has 0 atom stereocenters. The molecule has 0 amide bonds. The van der Waals surface area contributed by atoms with Gasteiger partial charge in [-0.15, -0.1) is 0 Å². The van der Waals surface area contributed by atoms with Crippen LogP contribution in [-0.4, -0.2) is 20.9 Å². The van der Waals surface area contributed by atoms with E-state index >= 15 is 0 Å². The Morgan fingerprint density at radius 2 is 1.19 bits per heavy atom. The molecule has 2 heterocycles. The van der Waals surface area contributed by atoms with Gasteiger partial charge >= 0.3 is 0 Å². The van der Waals surface area contributed by atoms with Crippen LogP contribution in [-0.2, 0) is 9.84 Å². The van der Waals surface area contributed by atoms with Crippen molar-refractivity contribution in [2.75, 3.05) is 0 Å². The van der Waals surface area contributed by atoms with Gasteiger partial charge < -0.3 is 4.23 Å². The summed E-state index contributed by atoms with van der Waals surface area (Å²) in [6.45, 7) is 4.67. The minimum absolute atomic E-state index is 0.415. The summed E-state index contributed by atoms with van der Waals surface area (Å²) < 4.78 is 28.6. The second-order valence-corrected chi connectivity index (χ2v) is 14.7. The van der Waals surface area contributed by atoms with E-state index in [1.807, 2.05) is 24.3 Å². The number of hydrogen-bond acceptors (Lipinski definition) is 2. The molecule has 5 heteroatoms. The third-order valence-electron chi connectivity index (χ3n) is 6.58. The Morgan fingerprint density at radius 1 is 0.645 bits per heavy atom. The van der Waals surface area contributed by atoms with Gasteiger partial charge in [0, 0.05) is 32.9 Å². The van der Waals surface area contributed by atoms with Gasteiger partial charge in [-0.05, 0) is 42.5 Å². The molecule has 1 aliphatic rings. The molecule has 0 saturated heterocycles. The van der Waals surface area contributed by atoms with Crippen molar-refractivity contribution in [2.45, 2.75) is 22.9 Å². The van der Waals surface area contributed by atoms with Crippen LogP contribution in [0.25, 0.3) is 32.9 Å². The molecular formula is C26H21NO2SSi. The van der Waals surface area contributed by atoms with Crippen molar-refractivity contribution < 1.29 is 8.42 Å². The Kier molecular flexibility index (Phi) is 3.71. The third-order valence-corrected chi connectivity index (χ3v) is 11.8. The van der Waals surface area contributed by atoms with Gasteiger partial charge in [-0.25, -0.2) is 8.42 Å². The lowest BCUT2D eigenvalue weighted by Crippen LogP contribution is -2.49. The van der Waals surface area contributed by atoms with Crippen LogP contribution >= 0.6 is 0 Å². The molecule has 0 bridgehead atoms. The van der Waals surface area contributed by atoms with Crippen molar-refractivity contribution in [3.8, 4) is 11.1 Å². The molecule has 0 aliphatic carbocycles. The van der Waals surface area contributed by atoms with Gasteiger partial charge in [0.2, 0.25) is 9.84 Å². The normalized spacial score (nSPS) is 14.6. The van der Waals surface area contributed by atoms with Crippen LogP contribution in [0.2, 0.25) is 13.1 Å². The Labute approximate surface area is 182 Å². The molecule has 0 fully saturated rings. The van der Waals surface area contributed by atoms with E-state index < -0.39 is 18.1 Å². The second-order valence-electron chi connectivity index (χ2n) is 8.64. The summed E-state index contributed by atoms with van der Waals surface area (Å²) in [5.41, 5.74) is 4.10. The van der Waals surface area contributed by atoms with Crippen molar-refractivity contribution in [2.24, 2.45) is 0 Å². The molecule has 1 aromatic heterocycles. The van der Waals surface area contributed by atoms with Crippen molar-refractivity contribution in [3.63, 3.8) is 0 Å². The van der Waals surface area contributed by atoms with Crippen LogP contribution in [0.15, 0.2) is 101 Å². The monoisotopic (exact) mass is 439 g/mol. The smallest absolute Gasteiger partial charge is 0.207 e. The van der Waals surface area contributed by atoms with E-state index in [4.69, 9.17) is 0 Å². The zero-order chi connectivity index (χ0) is 21.4. The van der Waals surface area contributed by atoms with E-state index in [0.717, 1.165) is 11.1 Å². The van der Waals surface area contributed by atoms with Crippen LogP contribution in [0.1, 0.15) is 0 Å². The molecule has 0 saturated carbocycles. The molecule has 3 nitrogen and oxygen atoms in total. The molecule has 4 aromatic carbocycles. The van der Waals surface area contributed by atoms with E-state index in [9.17, 15) is 8.42 Å². The summed E-state index contributed by atoms with van der Waals surface area (Å²) in [7, 11) is -5.66. The summed E-state index contributed by atoms with van der Waals surface area (Å²) in [6, 6.07) is 30.4. The first-order chi connectivity index (χ1) is 14.9. The number of sulfone groups is 1. The fraction of sp³-hybridized carbons (Fsp3) is 0.0769. The van der Waals surface area contributed by atoms with Crippen LogP contribution in [0.3, 0.4) is 0 Å². The standard InChI is InChI=1S/C26H21NO2SSi/c1-31(2,27-23-12-6-3-9-19(23)20-10-4-7-13-24(20)27)18-15-16-26-22(17-18)21-11-5-8-14-25(21)30(26,28)29/h3-17H,1-2H3. The number of benzene rings is 4. The number of aromatic nitrogens is 1. The molecule has 5 aromatic rings. The summed E-state index contributed by atoms with van der Waals surface area (Å²) in [6.07, 6.45) is 0. The number of rotatable bonds is 2. The molecule has 0 N–H and O–H groups in total. The average Bonchev–Trinajstić information content (AvgIpc) is 3.24. The van der Waals surface area contributed by atoms with Gasteiger partial charge in [0.1, 0.15) is 0 Å². The number of fused-ring (bicyclic) bond motifs is 6. The van der Waals surface area contributed by atoms with E-state index in [2.05, 4.69) is 71.9 Å². The molecule has 31 heavy (non-hydrogen) atoms. The first-order valence-electron chi connectivity index (χ1n) is 10.4. The van der Waals surface area contributed by atoms with Crippen molar-refractivity contribution in [1.82, 2.24) is 4.23 Å². The van der Waals surface area contributed by atoms with Crippen LogP contribution in [0.5, 0.6) is 0 Å².